The summed E-state index contributed by atoms with van der Waals surface area (Å²) in [4.78, 5) is 11.8. The van der Waals surface area contributed by atoms with Crippen LogP contribution in [0.25, 0.3) is 0 Å². The third-order valence-corrected chi connectivity index (χ3v) is 3.74. The summed E-state index contributed by atoms with van der Waals surface area (Å²) in [5.74, 6) is 0.644. The molecule has 0 saturated heterocycles. The minimum Gasteiger partial charge on any atom is -0.355 e. The largest absolute Gasteiger partial charge is 0.355 e. The van der Waals surface area contributed by atoms with Crippen molar-refractivity contribution >= 4 is 5.91 Å². The van der Waals surface area contributed by atoms with Crippen molar-refractivity contribution in [3.8, 4) is 0 Å². The second-order valence-electron chi connectivity index (χ2n) is 5.30. The predicted molar refractivity (Wildman–Crippen MR) is 62.4 cm³/mol. The van der Waals surface area contributed by atoms with E-state index in [0.717, 1.165) is 25.8 Å². The van der Waals surface area contributed by atoms with E-state index >= 15 is 0 Å². The Labute approximate surface area is 92.8 Å². The highest BCUT2D eigenvalue weighted by Gasteiger charge is 2.28. The Morgan fingerprint density at radius 3 is 2.60 bits per heavy atom. The van der Waals surface area contributed by atoms with Crippen LogP contribution in [0.3, 0.4) is 0 Å². The van der Waals surface area contributed by atoms with E-state index < -0.39 is 0 Å². The smallest absolute Gasteiger partial charge is 0.225 e. The number of carbonyl (C=O) groups is 1. The van der Waals surface area contributed by atoms with E-state index in [-0.39, 0.29) is 17.4 Å². The minimum atomic E-state index is -0.247. The van der Waals surface area contributed by atoms with Crippen molar-refractivity contribution in [3.63, 3.8) is 0 Å². The highest BCUT2D eigenvalue weighted by Crippen LogP contribution is 2.24. The van der Waals surface area contributed by atoms with Gasteiger partial charge < -0.3 is 11.1 Å². The Morgan fingerprint density at radius 2 is 2.13 bits per heavy atom. The highest BCUT2D eigenvalue weighted by atomic mass is 16.2. The molecule has 1 amide bonds. The van der Waals surface area contributed by atoms with Crippen LogP contribution in [0.5, 0.6) is 0 Å². The van der Waals surface area contributed by atoms with E-state index in [1.165, 1.54) is 6.42 Å². The normalized spacial score (nSPS) is 26.7. The second kappa shape index (κ2) is 4.97. The van der Waals surface area contributed by atoms with E-state index in [0.29, 0.717) is 5.92 Å². The molecule has 1 rings (SSSR count). The predicted octanol–water partition coefficient (Wildman–Crippen LogP) is 1.67. The van der Waals surface area contributed by atoms with Gasteiger partial charge in [-0.1, -0.05) is 27.2 Å². The van der Waals surface area contributed by atoms with E-state index in [2.05, 4.69) is 5.32 Å². The van der Waals surface area contributed by atoms with Gasteiger partial charge in [-0.2, -0.15) is 0 Å². The number of carbonyl (C=O) groups excluding carboxylic acids is 1. The van der Waals surface area contributed by atoms with Crippen LogP contribution in [0.1, 0.15) is 46.5 Å². The molecule has 0 bridgehead atoms. The molecule has 0 radical (unpaired) electrons. The molecule has 3 N–H and O–H groups in total. The minimum absolute atomic E-state index is 0.157. The van der Waals surface area contributed by atoms with Crippen LogP contribution in [0.2, 0.25) is 0 Å². The molecular weight excluding hydrogens is 188 g/mol. The van der Waals surface area contributed by atoms with Crippen molar-refractivity contribution < 1.29 is 4.79 Å². The molecular formula is C12H24N2O. The van der Waals surface area contributed by atoms with Crippen LogP contribution in [-0.4, -0.2) is 18.5 Å². The van der Waals surface area contributed by atoms with Gasteiger partial charge in [0.25, 0.3) is 0 Å². The zero-order valence-corrected chi connectivity index (χ0v) is 10.2. The third kappa shape index (κ3) is 3.20. The lowest BCUT2D eigenvalue weighted by Gasteiger charge is -2.24. The first-order valence-corrected chi connectivity index (χ1v) is 6.01. The molecule has 1 aliphatic rings. The maximum Gasteiger partial charge on any atom is 0.225 e. The Morgan fingerprint density at radius 1 is 1.47 bits per heavy atom. The molecule has 88 valence electrons. The van der Waals surface area contributed by atoms with Crippen molar-refractivity contribution in [1.29, 1.82) is 0 Å². The third-order valence-electron chi connectivity index (χ3n) is 3.74. The zero-order valence-electron chi connectivity index (χ0n) is 10.2. The van der Waals surface area contributed by atoms with Gasteiger partial charge in [0.15, 0.2) is 0 Å². The maximum absolute atomic E-state index is 11.8. The highest BCUT2D eigenvalue weighted by molar-refractivity contribution is 5.81. The molecule has 0 spiro atoms. The molecule has 2 unspecified atom stereocenters. The van der Waals surface area contributed by atoms with Crippen LogP contribution < -0.4 is 11.1 Å². The molecule has 15 heavy (non-hydrogen) atoms. The molecule has 1 saturated carbocycles. The van der Waals surface area contributed by atoms with Gasteiger partial charge in [0.1, 0.15) is 0 Å². The molecule has 0 aromatic heterocycles. The molecule has 3 heteroatoms. The van der Waals surface area contributed by atoms with Gasteiger partial charge in [0, 0.05) is 18.0 Å². The monoisotopic (exact) mass is 212 g/mol. The Hall–Kier alpha value is -0.570. The van der Waals surface area contributed by atoms with Crippen LogP contribution in [0, 0.1) is 11.3 Å². The van der Waals surface area contributed by atoms with Gasteiger partial charge in [-0.25, -0.2) is 0 Å². The summed E-state index contributed by atoms with van der Waals surface area (Å²) in [6, 6.07) is 0.287. The van der Waals surface area contributed by atoms with Gasteiger partial charge >= 0.3 is 0 Å². The SMILES string of the molecule is CCC(C)(C)C(=O)NCC1CCCC1N. The fraction of sp³-hybridized carbons (Fsp3) is 0.917. The maximum atomic E-state index is 11.8. The summed E-state index contributed by atoms with van der Waals surface area (Å²) >= 11 is 0. The standard InChI is InChI=1S/C12H24N2O/c1-4-12(2,3)11(15)14-8-9-6-5-7-10(9)13/h9-10H,4-8,13H2,1-3H3,(H,14,15). The first-order chi connectivity index (χ1) is 6.97. The topological polar surface area (TPSA) is 55.1 Å². The average molecular weight is 212 g/mol. The lowest BCUT2D eigenvalue weighted by atomic mass is 9.89. The summed E-state index contributed by atoms with van der Waals surface area (Å²) < 4.78 is 0. The van der Waals surface area contributed by atoms with Gasteiger partial charge in [-0.3, -0.25) is 4.79 Å². The Balaban J connectivity index is 2.34. The number of nitrogens with two attached hydrogens (primary N) is 1. The quantitative estimate of drug-likeness (QED) is 0.744. The molecule has 0 aliphatic heterocycles. The van der Waals surface area contributed by atoms with Crippen LogP contribution in [0.4, 0.5) is 0 Å². The number of amides is 1. The van der Waals surface area contributed by atoms with Crippen LogP contribution in [-0.2, 0) is 4.79 Å². The van der Waals surface area contributed by atoms with Gasteiger partial charge in [0.05, 0.1) is 0 Å². The zero-order chi connectivity index (χ0) is 11.5. The average Bonchev–Trinajstić information content (AvgIpc) is 2.60. The van der Waals surface area contributed by atoms with Crippen LogP contribution >= 0.6 is 0 Å². The van der Waals surface area contributed by atoms with Crippen molar-refractivity contribution in [2.75, 3.05) is 6.54 Å². The van der Waals surface area contributed by atoms with Crippen molar-refractivity contribution in [1.82, 2.24) is 5.32 Å². The summed E-state index contributed by atoms with van der Waals surface area (Å²) in [5, 5.41) is 3.03. The number of hydrogen-bond donors (Lipinski definition) is 2. The number of nitrogens with one attached hydrogen (secondary N) is 1. The van der Waals surface area contributed by atoms with Gasteiger partial charge in [0.2, 0.25) is 5.91 Å². The van der Waals surface area contributed by atoms with Gasteiger partial charge in [-0.15, -0.1) is 0 Å². The fourth-order valence-corrected chi connectivity index (χ4v) is 1.94. The first-order valence-electron chi connectivity index (χ1n) is 6.01. The first kappa shape index (κ1) is 12.5. The fourth-order valence-electron chi connectivity index (χ4n) is 1.94. The van der Waals surface area contributed by atoms with E-state index in [1.54, 1.807) is 0 Å². The van der Waals surface area contributed by atoms with E-state index in [1.807, 2.05) is 20.8 Å². The van der Waals surface area contributed by atoms with Crippen molar-refractivity contribution in [2.24, 2.45) is 17.1 Å². The van der Waals surface area contributed by atoms with Gasteiger partial charge in [-0.05, 0) is 25.2 Å². The summed E-state index contributed by atoms with van der Waals surface area (Å²) in [6.07, 6.45) is 4.35. The lowest BCUT2D eigenvalue weighted by molar-refractivity contribution is -0.129. The number of rotatable bonds is 4. The molecule has 3 nitrogen and oxygen atoms in total. The molecule has 0 heterocycles. The molecule has 1 aliphatic carbocycles. The van der Waals surface area contributed by atoms with E-state index in [9.17, 15) is 4.79 Å². The molecule has 1 fully saturated rings. The summed E-state index contributed by atoms with van der Waals surface area (Å²) in [7, 11) is 0. The number of hydrogen-bond acceptors (Lipinski definition) is 2. The van der Waals surface area contributed by atoms with Crippen molar-refractivity contribution in [3.05, 3.63) is 0 Å². The second-order valence-corrected chi connectivity index (χ2v) is 5.30. The molecule has 0 aromatic rings. The molecule has 0 aromatic carbocycles. The van der Waals surface area contributed by atoms with Crippen LogP contribution in [0.15, 0.2) is 0 Å². The summed E-state index contributed by atoms with van der Waals surface area (Å²) in [6.45, 7) is 6.76. The van der Waals surface area contributed by atoms with E-state index in [4.69, 9.17) is 5.73 Å². The molecule has 2 atom stereocenters. The Kier molecular flexibility index (Phi) is 4.14. The van der Waals surface area contributed by atoms with Crippen molar-refractivity contribution in [2.45, 2.75) is 52.5 Å². The summed E-state index contributed by atoms with van der Waals surface area (Å²) in [5.41, 5.74) is 5.71. The Bertz CT molecular complexity index is 226. The lowest BCUT2D eigenvalue weighted by Crippen LogP contribution is -2.41.